The van der Waals surface area contributed by atoms with Crippen LogP contribution in [0.2, 0.25) is 0 Å². The predicted molar refractivity (Wildman–Crippen MR) is 81.4 cm³/mol. The first kappa shape index (κ1) is 17.3. The van der Waals surface area contributed by atoms with Crippen LogP contribution in [0.1, 0.15) is 17.5 Å². The molecule has 1 saturated heterocycles. The van der Waals surface area contributed by atoms with Crippen LogP contribution >= 0.6 is 0 Å². The SMILES string of the molecule is C=CC(=O)N1CCC(C(O)/C=C/c2ccc(C(F)(F)F)cc2)C1. The van der Waals surface area contributed by atoms with Crippen LogP contribution in [0.15, 0.2) is 43.0 Å². The summed E-state index contributed by atoms with van der Waals surface area (Å²) < 4.78 is 37.4. The van der Waals surface area contributed by atoms with Crippen molar-refractivity contribution in [1.29, 1.82) is 0 Å². The molecule has 1 aromatic carbocycles. The van der Waals surface area contributed by atoms with Crippen LogP contribution < -0.4 is 0 Å². The van der Waals surface area contributed by atoms with E-state index >= 15 is 0 Å². The van der Waals surface area contributed by atoms with Gasteiger partial charge in [0.1, 0.15) is 0 Å². The van der Waals surface area contributed by atoms with Gasteiger partial charge in [0.15, 0.2) is 0 Å². The fraction of sp³-hybridized carbons (Fsp3) is 0.353. The minimum atomic E-state index is -4.35. The van der Waals surface area contributed by atoms with E-state index in [1.165, 1.54) is 18.2 Å². The van der Waals surface area contributed by atoms with Gasteiger partial charge in [-0.05, 0) is 30.2 Å². The summed E-state index contributed by atoms with van der Waals surface area (Å²) in [6.07, 6.45) is -0.0461. The van der Waals surface area contributed by atoms with Crippen molar-refractivity contribution in [2.75, 3.05) is 13.1 Å². The van der Waals surface area contributed by atoms with Gasteiger partial charge in [-0.1, -0.05) is 30.9 Å². The lowest BCUT2D eigenvalue weighted by molar-refractivity contribution is -0.137. The highest BCUT2D eigenvalue weighted by Crippen LogP contribution is 2.29. The van der Waals surface area contributed by atoms with E-state index in [1.54, 1.807) is 17.1 Å². The number of carbonyl (C=O) groups excluding carboxylic acids is 1. The quantitative estimate of drug-likeness (QED) is 0.864. The number of halogens is 3. The van der Waals surface area contributed by atoms with Crippen molar-refractivity contribution >= 4 is 12.0 Å². The lowest BCUT2D eigenvalue weighted by Crippen LogP contribution is -2.29. The van der Waals surface area contributed by atoms with E-state index in [0.29, 0.717) is 25.1 Å². The number of alkyl halides is 3. The third-order valence-electron chi connectivity index (χ3n) is 3.92. The maximum Gasteiger partial charge on any atom is 0.416 e. The summed E-state index contributed by atoms with van der Waals surface area (Å²) in [7, 11) is 0. The molecule has 23 heavy (non-hydrogen) atoms. The molecular formula is C17H18F3NO2. The average Bonchev–Trinajstić information content (AvgIpc) is 3.01. The van der Waals surface area contributed by atoms with Crippen molar-refractivity contribution in [2.24, 2.45) is 5.92 Å². The Bertz CT molecular complexity index is 593. The van der Waals surface area contributed by atoms with Crippen molar-refractivity contribution < 1.29 is 23.1 Å². The Hall–Kier alpha value is -2.08. The number of rotatable bonds is 4. The van der Waals surface area contributed by atoms with Crippen LogP contribution in [0.3, 0.4) is 0 Å². The molecule has 1 heterocycles. The maximum atomic E-state index is 12.5. The van der Waals surface area contributed by atoms with Gasteiger partial charge in [0, 0.05) is 19.0 Å². The number of likely N-dealkylation sites (tertiary alicyclic amines) is 1. The fourth-order valence-corrected chi connectivity index (χ4v) is 2.55. The Balaban J connectivity index is 1.95. The van der Waals surface area contributed by atoms with E-state index < -0.39 is 17.8 Å². The highest BCUT2D eigenvalue weighted by atomic mass is 19.4. The number of hydrogen-bond donors (Lipinski definition) is 1. The normalized spacial score (nSPS) is 20.0. The van der Waals surface area contributed by atoms with Gasteiger partial charge >= 0.3 is 6.18 Å². The third-order valence-corrected chi connectivity index (χ3v) is 3.92. The summed E-state index contributed by atoms with van der Waals surface area (Å²) in [5, 5.41) is 10.1. The topological polar surface area (TPSA) is 40.5 Å². The summed E-state index contributed by atoms with van der Waals surface area (Å²) in [5.74, 6) is -0.240. The number of benzene rings is 1. The fourth-order valence-electron chi connectivity index (χ4n) is 2.55. The molecule has 124 valence electrons. The van der Waals surface area contributed by atoms with E-state index in [2.05, 4.69) is 6.58 Å². The first-order chi connectivity index (χ1) is 10.8. The first-order valence-corrected chi connectivity index (χ1v) is 7.26. The predicted octanol–water partition coefficient (Wildman–Crippen LogP) is 3.11. The zero-order valence-corrected chi connectivity index (χ0v) is 12.5. The van der Waals surface area contributed by atoms with Crippen LogP contribution in [0.25, 0.3) is 6.08 Å². The van der Waals surface area contributed by atoms with Gasteiger partial charge in [-0.2, -0.15) is 13.2 Å². The van der Waals surface area contributed by atoms with Crippen molar-refractivity contribution in [1.82, 2.24) is 4.90 Å². The number of hydrogen-bond acceptors (Lipinski definition) is 2. The van der Waals surface area contributed by atoms with Crippen LogP contribution in [-0.2, 0) is 11.0 Å². The molecule has 0 bridgehead atoms. The number of aliphatic hydroxyl groups excluding tert-OH is 1. The molecule has 1 aliphatic heterocycles. The monoisotopic (exact) mass is 325 g/mol. The minimum absolute atomic E-state index is 0.0791. The molecular weight excluding hydrogens is 307 g/mol. The molecule has 0 aromatic heterocycles. The van der Waals surface area contributed by atoms with E-state index in [0.717, 1.165) is 12.1 Å². The highest BCUT2D eigenvalue weighted by Gasteiger charge is 2.30. The van der Waals surface area contributed by atoms with Gasteiger partial charge in [0.05, 0.1) is 11.7 Å². The van der Waals surface area contributed by atoms with Gasteiger partial charge < -0.3 is 10.0 Å². The van der Waals surface area contributed by atoms with E-state index in [-0.39, 0.29) is 11.8 Å². The maximum absolute atomic E-state index is 12.5. The summed E-state index contributed by atoms with van der Waals surface area (Å²) >= 11 is 0. The van der Waals surface area contributed by atoms with Gasteiger partial charge in [-0.25, -0.2) is 0 Å². The van der Waals surface area contributed by atoms with Crippen molar-refractivity contribution in [3.63, 3.8) is 0 Å². The van der Waals surface area contributed by atoms with Crippen LogP contribution in [0.4, 0.5) is 13.2 Å². The molecule has 1 fully saturated rings. The van der Waals surface area contributed by atoms with Gasteiger partial charge in [-0.3, -0.25) is 4.79 Å². The summed E-state index contributed by atoms with van der Waals surface area (Å²) in [5.41, 5.74) is -0.126. The summed E-state index contributed by atoms with van der Waals surface area (Å²) in [6, 6.07) is 4.72. The zero-order valence-electron chi connectivity index (χ0n) is 12.5. The third kappa shape index (κ3) is 4.45. The molecule has 0 aliphatic carbocycles. The molecule has 0 radical (unpaired) electrons. The number of carbonyl (C=O) groups is 1. The molecule has 6 heteroatoms. The lowest BCUT2D eigenvalue weighted by atomic mass is 10.0. The number of nitrogens with zero attached hydrogens (tertiary/aromatic N) is 1. The molecule has 2 unspecified atom stereocenters. The van der Waals surface area contributed by atoms with Gasteiger partial charge in [-0.15, -0.1) is 0 Å². The molecule has 2 atom stereocenters. The molecule has 2 rings (SSSR count). The van der Waals surface area contributed by atoms with E-state index in [1.807, 2.05) is 0 Å². The molecule has 1 aliphatic rings. The van der Waals surface area contributed by atoms with Crippen molar-refractivity contribution in [2.45, 2.75) is 18.7 Å². The number of amides is 1. The average molecular weight is 325 g/mol. The van der Waals surface area contributed by atoms with Crippen LogP contribution in [0, 0.1) is 5.92 Å². The largest absolute Gasteiger partial charge is 0.416 e. The molecule has 0 spiro atoms. The van der Waals surface area contributed by atoms with Crippen LogP contribution in [0.5, 0.6) is 0 Å². The van der Waals surface area contributed by atoms with Gasteiger partial charge in [0.25, 0.3) is 0 Å². The second-order valence-electron chi connectivity index (χ2n) is 5.51. The Labute approximate surface area is 132 Å². The zero-order chi connectivity index (χ0) is 17.0. The van der Waals surface area contributed by atoms with E-state index in [4.69, 9.17) is 0 Å². The Morgan fingerprint density at radius 2 is 2.00 bits per heavy atom. The lowest BCUT2D eigenvalue weighted by Gasteiger charge is -2.16. The first-order valence-electron chi connectivity index (χ1n) is 7.26. The standard InChI is InChI=1S/C17H18F3NO2/c1-2-16(23)21-10-9-13(11-21)15(22)8-5-12-3-6-14(7-4-12)17(18,19)20/h2-8,13,15,22H,1,9-11H2/b8-5+. The molecule has 1 aromatic rings. The Morgan fingerprint density at radius 1 is 1.35 bits per heavy atom. The van der Waals surface area contributed by atoms with Crippen molar-refractivity contribution in [3.8, 4) is 0 Å². The Kier molecular flexibility index (Phi) is 5.26. The molecule has 1 amide bonds. The minimum Gasteiger partial charge on any atom is -0.389 e. The number of aliphatic hydroxyl groups is 1. The smallest absolute Gasteiger partial charge is 0.389 e. The molecule has 0 saturated carbocycles. The molecule has 1 N–H and O–H groups in total. The van der Waals surface area contributed by atoms with Crippen molar-refractivity contribution in [3.05, 3.63) is 54.1 Å². The highest BCUT2D eigenvalue weighted by molar-refractivity contribution is 5.87. The second kappa shape index (κ2) is 7.00. The summed E-state index contributed by atoms with van der Waals surface area (Å²) in [6.45, 7) is 4.45. The second-order valence-corrected chi connectivity index (χ2v) is 5.51. The van der Waals surface area contributed by atoms with Crippen LogP contribution in [-0.4, -0.2) is 35.1 Å². The van der Waals surface area contributed by atoms with Gasteiger partial charge in [0.2, 0.25) is 5.91 Å². The Morgan fingerprint density at radius 3 is 2.57 bits per heavy atom. The summed E-state index contributed by atoms with van der Waals surface area (Å²) in [4.78, 5) is 13.1. The molecule has 3 nitrogen and oxygen atoms in total. The van der Waals surface area contributed by atoms with E-state index in [9.17, 15) is 23.1 Å².